The second kappa shape index (κ2) is 6.72. The van der Waals surface area contributed by atoms with E-state index in [0.717, 1.165) is 4.90 Å². The van der Waals surface area contributed by atoms with Gasteiger partial charge in [0, 0.05) is 18.3 Å². The van der Waals surface area contributed by atoms with Crippen molar-refractivity contribution in [3.05, 3.63) is 59.3 Å². The number of aromatic nitrogens is 1. The molecule has 0 radical (unpaired) electrons. The van der Waals surface area contributed by atoms with Crippen LogP contribution in [0.4, 0.5) is 0 Å². The van der Waals surface area contributed by atoms with Gasteiger partial charge >= 0.3 is 0 Å². The largest absolute Gasteiger partial charge is 0.481 e. The van der Waals surface area contributed by atoms with Crippen molar-refractivity contribution in [3.8, 4) is 5.88 Å². The Balaban J connectivity index is 1.71. The maximum Gasteiger partial charge on any atom is 0.262 e. The van der Waals surface area contributed by atoms with Gasteiger partial charge in [0.15, 0.2) is 0 Å². The van der Waals surface area contributed by atoms with Gasteiger partial charge in [-0.25, -0.2) is 4.98 Å². The van der Waals surface area contributed by atoms with Crippen LogP contribution in [0.5, 0.6) is 5.88 Å². The molecule has 1 aliphatic rings. The van der Waals surface area contributed by atoms with Crippen LogP contribution in [0.1, 0.15) is 33.2 Å². The molecule has 2 heterocycles. The fourth-order valence-corrected chi connectivity index (χ4v) is 2.75. The van der Waals surface area contributed by atoms with Crippen molar-refractivity contribution in [2.75, 3.05) is 7.11 Å². The molecular weight excluding hydrogens is 322 g/mol. The molecule has 7 nitrogen and oxygen atoms in total. The maximum atomic E-state index is 12.4. The van der Waals surface area contributed by atoms with Crippen molar-refractivity contribution >= 4 is 17.7 Å². The number of fused-ring (bicyclic) bond motifs is 1. The van der Waals surface area contributed by atoms with Crippen molar-refractivity contribution in [2.45, 2.75) is 19.5 Å². The number of pyridine rings is 1. The van der Waals surface area contributed by atoms with Gasteiger partial charge in [-0.3, -0.25) is 19.3 Å². The Hall–Kier alpha value is -3.22. The molecule has 128 valence electrons. The number of amides is 3. The Morgan fingerprint density at radius 1 is 1.16 bits per heavy atom. The van der Waals surface area contributed by atoms with E-state index in [0.29, 0.717) is 22.6 Å². The third kappa shape index (κ3) is 2.96. The molecule has 0 saturated heterocycles. The Kier molecular flexibility index (Phi) is 4.47. The summed E-state index contributed by atoms with van der Waals surface area (Å²) in [4.78, 5) is 42.3. The van der Waals surface area contributed by atoms with Crippen molar-refractivity contribution in [1.29, 1.82) is 0 Å². The smallest absolute Gasteiger partial charge is 0.262 e. The minimum absolute atomic E-state index is 0.184. The number of nitrogens with one attached hydrogen (secondary N) is 1. The lowest BCUT2D eigenvalue weighted by atomic mass is 10.1. The molecule has 1 aliphatic heterocycles. The second-order valence-corrected chi connectivity index (χ2v) is 5.59. The summed E-state index contributed by atoms with van der Waals surface area (Å²) in [6.07, 6.45) is 1.59. The van der Waals surface area contributed by atoms with E-state index in [9.17, 15) is 14.4 Å². The fraction of sp³-hybridized carbons (Fsp3) is 0.222. The number of rotatable bonds is 5. The Bertz CT molecular complexity index is 815. The topological polar surface area (TPSA) is 88.6 Å². The number of hydrogen-bond acceptors (Lipinski definition) is 5. The van der Waals surface area contributed by atoms with E-state index < -0.39 is 23.8 Å². The number of carbonyl (C=O) groups excluding carboxylic acids is 3. The van der Waals surface area contributed by atoms with E-state index in [1.807, 2.05) is 0 Å². The monoisotopic (exact) mass is 339 g/mol. The zero-order valence-electron chi connectivity index (χ0n) is 13.9. The van der Waals surface area contributed by atoms with Gasteiger partial charge in [0.2, 0.25) is 11.8 Å². The Morgan fingerprint density at radius 3 is 2.40 bits per heavy atom. The fourth-order valence-electron chi connectivity index (χ4n) is 2.75. The van der Waals surface area contributed by atoms with Crippen LogP contribution in [0.2, 0.25) is 0 Å². The SMILES string of the molecule is COc1ncccc1CNC(=O)[C@H](C)N1C(=O)c2ccccc2C1=O. The van der Waals surface area contributed by atoms with Crippen LogP contribution in [-0.4, -0.2) is 40.8 Å². The summed E-state index contributed by atoms with van der Waals surface area (Å²) in [6, 6.07) is 9.13. The van der Waals surface area contributed by atoms with Crippen molar-refractivity contribution in [1.82, 2.24) is 15.2 Å². The van der Waals surface area contributed by atoms with E-state index in [2.05, 4.69) is 10.3 Å². The zero-order valence-corrected chi connectivity index (χ0v) is 13.9. The number of carbonyl (C=O) groups is 3. The van der Waals surface area contributed by atoms with Gasteiger partial charge in [-0.2, -0.15) is 0 Å². The molecule has 0 fully saturated rings. The van der Waals surface area contributed by atoms with Crippen molar-refractivity contribution in [3.63, 3.8) is 0 Å². The third-order valence-corrected chi connectivity index (χ3v) is 4.09. The molecule has 7 heteroatoms. The average Bonchev–Trinajstić information content (AvgIpc) is 2.90. The number of nitrogens with zero attached hydrogens (tertiary/aromatic N) is 2. The van der Waals surface area contributed by atoms with Gasteiger partial charge in [0.1, 0.15) is 6.04 Å². The summed E-state index contributed by atoms with van der Waals surface area (Å²) in [5, 5.41) is 2.71. The van der Waals surface area contributed by atoms with E-state index in [1.54, 1.807) is 42.6 Å². The van der Waals surface area contributed by atoms with Crippen molar-refractivity contribution < 1.29 is 19.1 Å². The lowest BCUT2D eigenvalue weighted by Gasteiger charge is -2.21. The highest BCUT2D eigenvalue weighted by Crippen LogP contribution is 2.24. The molecule has 0 unspecified atom stereocenters. The molecule has 3 rings (SSSR count). The third-order valence-electron chi connectivity index (χ3n) is 4.09. The number of imide groups is 1. The predicted molar refractivity (Wildman–Crippen MR) is 89.0 cm³/mol. The summed E-state index contributed by atoms with van der Waals surface area (Å²) in [5.41, 5.74) is 1.34. The molecule has 1 aromatic carbocycles. The number of ether oxygens (including phenoxy) is 1. The molecule has 25 heavy (non-hydrogen) atoms. The maximum absolute atomic E-state index is 12.4. The average molecular weight is 339 g/mol. The highest BCUT2D eigenvalue weighted by atomic mass is 16.5. The molecular formula is C18H17N3O4. The van der Waals surface area contributed by atoms with Gasteiger partial charge in [0.25, 0.3) is 11.8 Å². The van der Waals surface area contributed by atoms with E-state index in [1.165, 1.54) is 14.0 Å². The summed E-state index contributed by atoms with van der Waals surface area (Å²) >= 11 is 0. The number of benzene rings is 1. The first kappa shape index (κ1) is 16.6. The van der Waals surface area contributed by atoms with Crippen LogP contribution in [0.15, 0.2) is 42.6 Å². The normalized spacial score (nSPS) is 14.2. The first-order chi connectivity index (χ1) is 12.0. The van der Waals surface area contributed by atoms with Gasteiger partial charge in [-0.1, -0.05) is 18.2 Å². The highest BCUT2D eigenvalue weighted by Gasteiger charge is 2.40. The first-order valence-corrected chi connectivity index (χ1v) is 7.77. The summed E-state index contributed by atoms with van der Waals surface area (Å²) < 4.78 is 5.13. The lowest BCUT2D eigenvalue weighted by Crippen LogP contribution is -2.47. The van der Waals surface area contributed by atoms with E-state index in [4.69, 9.17) is 4.74 Å². The van der Waals surface area contributed by atoms with Crippen LogP contribution in [0.3, 0.4) is 0 Å². The van der Waals surface area contributed by atoms with Crippen LogP contribution in [-0.2, 0) is 11.3 Å². The minimum atomic E-state index is -0.921. The van der Waals surface area contributed by atoms with Gasteiger partial charge in [-0.05, 0) is 25.1 Å². The Labute approximate surface area is 144 Å². The van der Waals surface area contributed by atoms with Gasteiger partial charge in [0.05, 0.1) is 18.2 Å². The predicted octanol–water partition coefficient (Wildman–Crippen LogP) is 1.39. The molecule has 0 aliphatic carbocycles. The molecule has 1 aromatic heterocycles. The molecule has 3 amide bonds. The molecule has 2 aromatic rings. The molecule has 0 saturated carbocycles. The molecule has 1 atom stereocenters. The van der Waals surface area contributed by atoms with Crippen LogP contribution < -0.4 is 10.1 Å². The summed E-state index contributed by atoms with van der Waals surface area (Å²) in [7, 11) is 1.50. The number of methoxy groups -OCH3 is 1. The van der Waals surface area contributed by atoms with Gasteiger partial charge < -0.3 is 10.1 Å². The number of hydrogen-bond donors (Lipinski definition) is 1. The quantitative estimate of drug-likeness (QED) is 0.832. The summed E-state index contributed by atoms with van der Waals surface area (Å²) in [6.45, 7) is 1.71. The second-order valence-electron chi connectivity index (χ2n) is 5.59. The first-order valence-electron chi connectivity index (χ1n) is 7.77. The highest BCUT2D eigenvalue weighted by molar-refractivity contribution is 6.22. The molecule has 1 N–H and O–H groups in total. The lowest BCUT2D eigenvalue weighted by molar-refractivity contribution is -0.124. The minimum Gasteiger partial charge on any atom is -0.481 e. The summed E-state index contributed by atoms with van der Waals surface area (Å²) in [5.74, 6) is -0.930. The zero-order chi connectivity index (χ0) is 18.0. The van der Waals surface area contributed by atoms with Gasteiger partial charge in [-0.15, -0.1) is 0 Å². The molecule has 0 bridgehead atoms. The van der Waals surface area contributed by atoms with E-state index in [-0.39, 0.29) is 6.54 Å². The van der Waals surface area contributed by atoms with Crippen LogP contribution >= 0.6 is 0 Å². The van der Waals surface area contributed by atoms with Crippen LogP contribution in [0.25, 0.3) is 0 Å². The standard InChI is InChI=1S/C18H17N3O4/c1-11(15(22)20-10-12-6-5-9-19-16(12)25-2)21-17(23)13-7-3-4-8-14(13)18(21)24/h3-9,11H,10H2,1-2H3,(H,20,22)/t11-/m0/s1. The Morgan fingerprint density at radius 2 is 1.80 bits per heavy atom. The van der Waals surface area contributed by atoms with Crippen LogP contribution in [0, 0.1) is 0 Å². The molecule has 0 spiro atoms. The van der Waals surface area contributed by atoms with E-state index >= 15 is 0 Å². The van der Waals surface area contributed by atoms with Crippen molar-refractivity contribution in [2.24, 2.45) is 0 Å².